The summed E-state index contributed by atoms with van der Waals surface area (Å²) in [7, 11) is 0. The number of likely N-dealkylation sites (tertiary alicyclic amines) is 1. The summed E-state index contributed by atoms with van der Waals surface area (Å²) in [6, 6.07) is 1.27. The lowest BCUT2D eigenvalue weighted by molar-refractivity contribution is -0.127. The molecule has 86 valence electrons. The average molecular weight is 210 g/mol. The van der Waals surface area contributed by atoms with Crippen molar-refractivity contribution in [1.82, 2.24) is 10.2 Å². The smallest absolute Gasteiger partial charge is 0.219 e. The molecule has 1 amide bonds. The van der Waals surface area contributed by atoms with E-state index in [-0.39, 0.29) is 5.91 Å². The van der Waals surface area contributed by atoms with E-state index in [0.29, 0.717) is 6.04 Å². The van der Waals surface area contributed by atoms with Gasteiger partial charge in [-0.05, 0) is 19.3 Å². The lowest BCUT2D eigenvalue weighted by atomic mass is 9.95. The summed E-state index contributed by atoms with van der Waals surface area (Å²) in [5.74, 6) is 0.225. The first-order chi connectivity index (χ1) is 7.25. The van der Waals surface area contributed by atoms with E-state index in [1.54, 1.807) is 6.92 Å². The van der Waals surface area contributed by atoms with Crippen molar-refractivity contribution in [3.05, 3.63) is 0 Å². The van der Waals surface area contributed by atoms with Gasteiger partial charge in [-0.1, -0.05) is 19.3 Å². The van der Waals surface area contributed by atoms with E-state index in [1.807, 2.05) is 4.90 Å². The fraction of sp³-hybridized carbons (Fsp3) is 0.917. The van der Waals surface area contributed by atoms with Crippen molar-refractivity contribution in [1.29, 1.82) is 0 Å². The third-order valence-corrected chi connectivity index (χ3v) is 3.71. The van der Waals surface area contributed by atoms with Crippen LogP contribution in [0.3, 0.4) is 0 Å². The standard InChI is InChI=1S/C12H22N2O/c1-10(15)14-8-7-12(9-14)13-11-5-3-2-4-6-11/h11-13H,2-9H2,1H3. The van der Waals surface area contributed by atoms with Crippen molar-refractivity contribution < 1.29 is 4.79 Å². The maximum atomic E-state index is 11.2. The summed E-state index contributed by atoms with van der Waals surface area (Å²) < 4.78 is 0. The van der Waals surface area contributed by atoms with Crippen LogP contribution in [0.2, 0.25) is 0 Å². The predicted molar refractivity (Wildman–Crippen MR) is 60.7 cm³/mol. The monoisotopic (exact) mass is 210 g/mol. The Labute approximate surface area is 92.2 Å². The zero-order chi connectivity index (χ0) is 10.7. The van der Waals surface area contributed by atoms with Crippen molar-refractivity contribution in [2.75, 3.05) is 13.1 Å². The van der Waals surface area contributed by atoms with Crippen LogP contribution in [0.4, 0.5) is 0 Å². The second kappa shape index (κ2) is 4.97. The second-order valence-electron chi connectivity index (χ2n) is 4.95. The molecule has 0 spiro atoms. The topological polar surface area (TPSA) is 32.3 Å². The molecule has 3 nitrogen and oxygen atoms in total. The highest BCUT2D eigenvalue weighted by molar-refractivity contribution is 5.73. The van der Waals surface area contributed by atoms with E-state index < -0.39 is 0 Å². The quantitative estimate of drug-likeness (QED) is 0.749. The molecule has 1 atom stereocenters. The predicted octanol–water partition coefficient (Wildman–Crippen LogP) is 1.53. The van der Waals surface area contributed by atoms with Gasteiger partial charge in [0.15, 0.2) is 0 Å². The van der Waals surface area contributed by atoms with Gasteiger partial charge in [0.05, 0.1) is 0 Å². The Morgan fingerprint density at radius 2 is 1.87 bits per heavy atom. The molecule has 1 aliphatic heterocycles. The molecule has 1 saturated carbocycles. The number of hydrogen-bond donors (Lipinski definition) is 1. The highest BCUT2D eigenvalue weighted by atomic mass is 16.2. The molecule has 15 heavy (non-hydrogen) atoms. The molecule has 3 heteroatoms. The summed E-state index contributed by atoms with van der Waals surface area (Å²) >= 11 is 0. The number of carbonyl (C=O) groups excluding carboxylic acids is 1. The van der Waals surface area contributed by atoms with Gasteiger partial charge in [0.2, 0.25) is 5.91 Å². The van der Waals surface area contributed by atoms with Crippen molar-refractivity contribution in [3.8, 4) is 0 Å². The molecular formula is C12H22N2O. The van der Waals surface area contributed by atoms with Gasteiger partial charge >= 0.3 is 0 Å². The van der Waals surface area contributed by atoms with Crippen LogP contribution in [0.15, 0.2) is 0 Å². The lowest BCUT2D eigenvalue weighted by Gasteiger charge is -2.26. The fourth-order valence-corrected chi connectivity index (χ4v) is 2.78. The molecule has 1 aliphatic carbocycles. The zero-order valence-electron chi connectivity index (χ0n) is 9.67. The van der Waals surface area contributed by atoms with Gasteiger partial charge in [-0.3, -0.25) is 4.79 Å². The van der Waals surface area contributed by atoms with Crippen LogP contribution in [0.1, 0.15) is 45.4 Å². The van der Waals surface area contributed by atoms with Crippen molar-refractivity contribution in [2.24, 2.45) is 0 Å². The number of carbonyl (C=O) groups is 1. The van der Waals surface area contributed by atoms with Crippen LogP contribution in [-0.4, -0.2) is 36.0 Å². The first-order valence-electron chi connectivity index (χ1n) is 6.27. The second-order valence-corrected chi connectivity index (χ2v) is 4.95. The van der Waals surface area contributed by atoms with Crippen LogP contribution in [0, 0.1) is 0 Å². The van der Waals surface area contributed by atoms with Crippen LogP contribution in [0.5, 0.6) is 0 Å². The summed E-state index contributed by atoms with van der Waals surface area (Å²) in [4.78, 5) is 13.1. The first kappa shape index (κ1) is 10.9. The highest BCUT2D eigenvalue weighted by Gasteiger charge is 2.26. The van der Waals surface area contributed by atoms with Crippen LogP contribution >= 0.6 is 0 Å². The molecule has 0 radical (unpaired) electrons. The van der Waals surface area contributed by atoms with Crippen molar-refractivity contribution in [2.45, 2.75) is 57.5 Å². The fourth-order valence-electron chi connectivity index (χ4n) is 2.78. The van der Waals surface area contributed by atoms with E-state index in [2.05, 4.69) is 5.32 Å². The van der Waals surface area contributed by atoms with E-state index >= 15 is 0 Å². The number of nitrogens with one attached hydrogen (secondary N) is 1. The Bertz CT molecular complexity index is 224. The van der Waals surface area contributed by atoms with Gasteiger partial charge in [0.25, 0.3) is 0 Å². The zero-order valence-corrected chi connectivity index (χ0v) is 9.67. The van der Waals surface area contributed by atoms with Crippen molar-refractivity contribution >= 4 is 5.91 Å². The minimum absolute atomic E-state index is 0.225. The van der Waals surface area contributed by atoms with Crippen LogP contribution in [0.25, 0.3) is 0 Å². The summed E-state index contributed by atoms with van der Waals surface area (Å²) in [5.41, 5.74) is 0. The Morgan fingerprint density at radius 1 is 1.13 bits per heavy atom. The normalized spacial score (nSPS) is 28.3. The summed E-state index contributed by atoms with van der Waals surface area (Å²) in [6.07, 6.45) is 7.95. The summed E-state index contributed by atoms with van der Waals surface area (Å²) in [5, 5.41) is 3.71. The Kier molecular flexibility index (Phi) is 3.62. The first-order valence-corrected chi connectivity index (χ1v) is 6.27. The number of rotatable bonds is 2. The largest absolute Gasteiger partial charge is 0.341 e. The number of amides is 1. The molecule has 0 aromatic rings. The minimum atomic E-state index is 0.225. The molecule has 1 saturated heterocycles. The van der Waals surface area contributed by atoms with Gasteiger partial charge in [0.1, 0.15) is 0 Å². The van der Waals surface area contributed by atoms with Gasteiger partial charge in [-0.2, -0.15) is 0 Å². The van der Waals surface area contributed by atoms with Crippen LogP contribution < -0.4 is 5.32 Å². The SMILES string of the molecule is CC(=O)N1CCC(NC2CCCCC2)C1. The van der Waals surface area contributed by atoms with Crippen molar-refractivity contribution in [3.63, 3.8) is 0 Å². The van der Waals surface area contributed by atoms with E-state index in [0.717, 1.165) is 25.6 Å². The highest BCUT2D eigenvalue weighted by Crippen LogP contribution is 2.19. The number of nitrogens with zero attached hydrogens (tertiary/aromatic N) is 1. The third kappa shape index (κ3) is 2.94. The Hall–Kier alpha value is -0.570. The molecule has 2 aliphatic rings. The third-order valence-electron chi connectivity index (χ3n) is 3.71. The minimum Gasteiger partial charge on any atom is -0.341 e. The molecule has 0 aromatic carbocycles. The molecule has 1 unspecified atom stereocenters. The van der Waals surface area contributed by atoms with Gasteiger partial charge in [0, 0.05) is 32.1 Å². The molecule has 1 heterocycles. The molecule has 0 aromatic heterocycles. The van der Waals surface area contributed by atoms with E-state index in [4.69, 9.17) is 0 Å². The lowest BCUT2D eigenvalue weighted by Crippen LogP contribution is -2.41. The van der Waals surface area contributed by atoms with Crippen LogP contribution in [-0.2, 0) is 4.79 Å². The van der Waals surface area contributed by atoms with Gasteiger partial charge in [-0.15, -0.1) is 0 Å². The van der Waals surface area contributed by atoms with E-state index in [1.165, 1.54) is 32.1 Å². The maximum absolute atomic E-state index is 11.2. The van der Waals surface area contributed by atoms with Gasteiger partial charge in [-0.25, -0.2) is 0 Å². The molecule has 2 fully saturated rings. The summed E-state index contributed by atoms with van der Waals surface area (Å²) in [6.45, 7) is 3.54. The number of hydrogen-bond acceptors (Lipinski definition) is 2. The Morgan fingerprint density at radius 3 is 2.47 bits per heavy atom. The molecule has 1 N–H and O–H groups in total. The van der Waals surface area contributed by atoms with Gasteiger partial charge < -0.3 is 10.2 Å². The van der Waals surface area contributed by atoms with E-state index in [9.17, 15) is 4.79 Å². The molecule has 0 bridgehead atoms. The molecule has 2 rings (SSSR count). The Balaban J connectivity index is 1.74. The maximum Gasteiger partial charge on any atom is 0.219 e. The molecular weight excluding hydrogens is 188 g/mol. The average Bonchev–Trinajstić information content (AvgIpc) is 2.68.